The molecule has 0 bridgehead atoms. The maximum absolute atomic E-state index is 5.49. The van der Waals surface area contributed by atoms with Crippen molar-refractivity contribution >= 4 is 5.69 Å². The van der Waals surface area contributed by atoms with Crippen LogP contribution in [0.15, 0.2) is 18.3 Å². The Bertz CT molecular complexity index is 274. The molecule has 0 aliphatic heterocycles. The Morgan fingerprint density at radius 2 is 2.29 bits per heavy atom. The van der Waals surface area contributed by atoms with Crippen LogP contribution in [-0.2, 0) is 11.3 Å². The molecule has 0 unspecified atom stereocenters. The molecule has 1 aromatic rings. The molecule has 0 aromatic carbocycles. The summed E-state index contributed by atoms with van der Waals surface area (Å²) in [6, 6.07) is 3.94. The van der Waals surface area contributed by atoms with E-state index >= 15 is 0 Å². The van der Waals surface area contributed by atoms with Crippen molar-refractivity contribution in [2.75, 3.05) is 19.0 Å². The van der Waals surface area contributed by atoms with Gasteiger partial charge in [-0.25, -0.2) is 0 Å². The summed E-state index contributed by atoms with van der Waals surface area (Å²) in [7, 11) is 1.90. The van der Waals surface area contributed by atoms with Gasteiger partial charge in [-0.15, -0.1) is 0 Å². The van der Waals surface area contributed by atoms with Gasteiger partial charge in [0.1, 0.15) is 0 Å². The number of aromatic nitrogens is 1. The van der Waals surface area contributed by atoms with Crippen molar-refractivity contribution in [1.82, 2.24) is 4.98 Å². The highest BCUT2D eigenvalue weighted by atomic mass is 16.5. The molecule has 1 N–H and O–H groups in total. The summed E-state index contributed by atoms with van der Waals surface area (Å²) in [6.07, 6.45) is 1.79. The fourth-order valence-electron chi connectivity index (χ4n) is 1.11. The summed E-state index contributed by atoms with van der Waals surface area (Å²) in [5.41, 5.74) is 2.04. The lowest BCUT2D eigenvalue weighted by Crippen LogP contribution is -2.03. The van der Waals surface area contributed by atoms with Gasteiger partial charge in [-0.05, 0) is 18.1 Å². The van der Waals surface area contributed by atoms with Crippen LogP contribution in [0.1, 0.15) is 19.5 Å². The highest BCUT2D eigenvalue weighted by molar-refractivity contribution is 5.42. The molecule has 0 aliphatic rings. The SMILES string of the molecule is CNc1ccnc(COCC(C)C)c1. The molecule has 3 heteroatoms. The summed E-state index contributed by atoms with van der Waals surface area (Å²) < 4.78 is 5.49. The minimum atomic E-state index is 0.572. The molecule has 0 fully saturated rings. The molecule has 1 heterocycles. The van der Waals surface area contributed by atoms with Crippen molar-refractivity contribution in [3.63, 3.8) is 0 Å². The van der Waals surface area contributed by atoms with E-state index in [1.165, 1.54) is 0 Å². The zero-order valence-electron chi connectivity index (χ0n) is 9.08. The van der Waals surface area contributed by atoms with E-state index in [4.69, 9.17) is 4.74 Å². The van der Waals surface area contributed by atoms with Crippen molar-refractivity contribution in [1.29, 1.82) is 0 Å². The fourth-order valence-corrected chi connectivity index (χ4v) is 1.11. The molecule has 0 radical (unpaired) electrons. The van der Waals surface area contributed by atoms with Crippen LogP contribution in [-0.4, -0.2) is 18.6 Å². The Labute approximate surface area is 85.5 Å². The van der Waals surface area contributed by atoms with Crippen molar-refractivity contribution in [2.24, 2.45) is 5.92 Å². The van der Waals surface area contributed by atoms with E-state index in [0.29, 0.717) is 12.5 Å². The number of hydrogen-bond acceptors (Lipinski definition) is 3. The van der Waals surface area contributed by atoms with Crippen LogP contribution in [0.4, 0.5) is 5.69 Å². The molecule has 1 rings (SSSR count). The molecule has 0 saturated heterocycles. The second-order valence-corrected chi connectivity index (χ2v) is 3.69. The smallest absolute Gasteiger partial charge is 0.0888 e. The summed E-state index contributed by atoms with van der Waals surface area (Å²) in [5.74, 6) is 0.572. The zero-order chi connectivity index (χ0) is 10.4. The van der Waals surface area contributed by atoms with E-state index in [9.17, 15) is 0 Å². The van der Waals surface area contributed by atoms with E-state index in [2.05, 4.69) is 24.1 Å². The molecule has 0 atom stereocenters. The fraction of sp³-hybridized carbons (Fsp3) is 0.545. The van der Waals surface area contributed by atoms with Gasteiger partial charge in [0, 0.05) is 25.5 Å². The third-order valence-corrected chi connectivity index (χ3v) is 1.81. The maximum atomic E-state index is 5.49. The lowest BCUT2D eigenvalue weighted by atomic mass is 10.2. The predicted octanol–water partition coefficient (Wildman–Crippen LogP) is 2.30. The van der Waals surface area contributed by atoms with Gasteiger partial charge in [0.15, 0.2) is 0 Å². The average Bonchev–Trinajstić information content (AvgIpc) is 2.18. The van der Waals surface area contributed by atoms with Crippen molar-refractivity contribution < 1.29 is 4.74 Å². The van der Waals surface area contributed by atoms with Gasteiger partial charge in [-0.2, -0.15) is 0 Å². The quantitative estimate of drug-likeness (QED) is 0.781. The molecule has 0 aliphatic carbocycles. The number of nitrogens with one attached hydrogen (secondary N) is 1. The van der Waals surface area contributed by atoms with Crippen LogP contribution in [0.5, 0.6) is 0 Å². The molecule has 0 amide bonds. The molecular weight excluding hydrogens is 176 g/mol. The Morgan fingerprint density at radius 1 is 1.50 bits per heavy atom. The normalized spacial score (nSPS) is 10.6. The van der Waals surface area contributed by atoms with E-state index in [0.717, 1.165) is 18.0 Å². The molecule has 14 heavy (non-hydrogen) atoms. The van der Waals surface area contributed by atoms with Crippen LogP contribution >= 0.6 is 0 Å². The average molecular weight is 194 g/mol. The van der Waals surface area contributed by atoms with Gasteiger partial charge < -0.3 is 10.1 Å². The van der Waals surface area contributed by atoms with Crippen molar-refractivity contribution in [2.45, 2.75) is 20.5 Å². The lowest BCUT2D eigenvalue weighted by molar-refractivity contribution is 0.0948. The highest BCUT2D eigenvalue weighted by Crippen LogP contribution is 2.08. The summed E-state index contributed by atoms with van der Waals surface area (Å²) in [5, 5.41) is 3.07. The molecule has 3 nitrogen and oxygen atoms in total. The molecule has 0 saturated carbocycles. The third-order valence-electron chi connectivity index (χ3n) is 1.81. The van der Waals surface area contributed by atoms with Crippen molar-refractivity contribution in [3.05, 3.63) is 24.0 Å². The summed E-state index contributed by atoms with van der Waals surface area (Å²) >= 11 is 0. The third kappa shape index (κ3) is 3.75. The van der Waals surface area contributed by atoms with E-state index in [1.54, 1.807) is 6.20 Å². The van der Waals surface area contributed by atoms with Gasteiger partial charge in [0.2, 0.25) is 0 Å². The van der Waals surface area contributed by atoms with Crippen LogP contribution in [0.25, 0.3) is 0 Å². The molecule has 1 aromatic heterocycles. The first-order valence-corrected chi connectivity index (χ1v) is 4.93. The van der Waals surface area contributed by atoms with Crippen LogP contribution in [0.3, 0.4) is 0 Å². The summed E-state index contributed by atoms with van der Waals surface area (Å²) in [6.45, 7) is 5.65. The zero-order valence-corrected chi connectivity index (χ0v) is 9.08. The first-order chi connectivity index (χ1) is 6.72. The lowest BCUT2D eigenvalue weighted by Gasteiger charge is -2.07. The highest BCUT2D eigenvalue weighted by Gasteiger charge is 1.98. The molecular formula is C11H18N2O. The van der Waals surface area contributed by atoms with Gasteiger partial charge in [-0.3, -0.25) is 4.98 Å². The minimum Gasteiger partial charge on any atom is -0.388 e. The topological polar surface area (TPSA) is 34.2 Å². The van der Waals surface area contributed by atoms with Gasteiger partial charge in [0.05, 0.1) is 12.3 Å². The maximum Gasteiger partial charge on any atom is 0.0888 e. The predicted molar refractivity (Wildman–Crippen MR) is 58.3 cm³/mol. The van der Waals surface area contributed by atoms with Crippen LogP contribution < -0.4 is 5.32 Å². The minimum absolute atomic E-state index is 0.572. The van der Waals surface area contributed by atoms with Crippen LogP contribution in [0, 0.1) is 5.92 Å². The Kier molecular flexibility index (Phi) is 4.40. The second-order valence-electron chi connectivity index (χ2n) is 3.69. The van der Waals surface area contributed by atoms with Gasteiger partial charge >= 0.3 is 0 Å². The van der Waals surface area contributed by atoms with Crippen molar-refractivity contribution in [3.8, 4) is 0 Å². The van der Waals surface area contributed by atoms with E-state index in [-0.39, 0.29) is 0 Å². The number of ether oxygens (including phenoxy) is 1. The monoisotopic (exact) mass is 194 g/mol. The standard InChI is InChI=1S/C11H18N2O/c1-9(2)7-14-8-11-6-10(12-3)4-5-13-11/h4-6,9H,7-8H2,1-3H3,(H,12,13). The number of hydrogen-bond donors (Lipinski definition) is 1. The molecule has 0 spiro atoms. The number of nitrogens with zero attached hydrogens (tertiary/aromatic N) is 1. The number of rotatable bonds is 5. The van der Waals surface area contributed by atoms with Gasteiger partial charge in [-0.1, -0.05) is 13.8 Å². The molecule has 78 valence electrons. The number of pyridine rings is 1. The van der Waals surface area contributed by atoms with E-state index < -0.39 is 0 Å². The number of anilines is 1. The first-order valence-electron chi connectivity index (χ1n) is 4.93. The Hall–Kier alpha value is -1.09. The van der Waals surface area contributed by atoms with E-state index in [1.807, 2.05) is 19.2 Å². The first kappa shape index (κ1) is 11.0. The van der Waals surface area contributed by atoms with Crippen LogP contribution in [0.2, 0.25) is 0 Å². The Morgan fingerprint density at radius 3 is 2.93 bits per heavy atom. The second kappa shape index (κ2) is 5.60. The van der Waals surface area contributed by atoms with Gasteiger partial charge in [0.25, 0.3) is 0 Å². The largest absolute Gasteiger partial charge is 0.388 e. The Balaban J connectivity index is 2.42. The summed E-state index contributed by atoms with van der Waals surface area (Å²) in [4.78, 5) is 4.22.